The van der Waals surface area contributed by atoms with E-state index in [-0.39, 0.29) is 0 Å². The van der Waals surface area contributed by atoms with Gasteiger partial charge < -0.3 is 19.5 Å². The number of aromatic nitrogens is 1. The molecule has 3 rings (SSSR count). The van der Waals surface area contributed by atoms with Crippen LogP contribution in [0.1, 0.15) is 62.0 Å². The Morgan fingerprint density at radius 1 is 1.32 bits per heavy atom. The van der Waals surface area contributed by atoms with Crippen LogP contribution < -0.4 is 10.1 Å². The summed E-state index contributed by atoms with van der Waals surface area (Å²) < 4.78 is 10.8. The fourth-order valence-electron chi connectivity index (χ4n) is 3.91. The molecule has 1 unspecified atom stereocenters. The standard InChI is InChI=1S/C22H32N4O2/c1-5-16(6-2)21-13-20(28-25-21)14-24-22(23-3)26-12-11-18(15-26)17-7-9-19(27-4)10-8-17/h7-10,13,16,18H,5-6,11-12,14-15H2,1-4H3,(H,23,24). The van der Waals surface area contributed by atoms with Gasteiger partial charge >= 0.3 is 0 Å². The molecule has 28 heavy (non-hydrogen) atoms. The van der Waals surface area contributed by atoms with Crippen molar-refractivity contribution in [2.24, 2.45) is 4.99 Å². The number of hydrogen-bond donors (Lipinski definition) is 1. The van der Waals surface area contributed by atoms with Gasteiger partial charge in [-0.1, -0.05) is 31.1 Å². The first kappa shape index (κ1) is 20.2. The lowest BCUT2D eigenvalue weighted by atomic mass is 9.98. The van der Waals surface area contributed by atoms with Crippen LogP contribution in [0.5, 0.6) is 5.75 Å². The highest BCUT2D eigenvalue weighted by Gasteiger charge is 2.26. The molecule has 1 aromatic carbocycles. The molecule has 1 aliphatic heterocycles. The molecule has 0 amide bonds. The minimum Gasteiger partial charge on any atom is -0.497 e. The molecule has 0 bridgehead atoms. The molecule has 0 spiro atoms. The van der Waals surface area contributed by atoms with Gasteiger partial charge in [-0.2, -0.15) is 0 Å². The van der Waals surface area contributed by atoms with Crippen LogP contribution in [0.2, 0.25) is 0 Å². The van der Waals surface area contributed by atoms with Crippen LogP contribution in [-0.2, 0) is 6.54 Å². The number of rotatable bonds is 7. The zero-order chi connectivity index (χ0) is 19.9. The predicted octanol–water partition coefficient (Wildman–Crippen LogP) is 4.15. The van der Waals surface area contributed by atoms with Crippen LogP contribution in [0.4, 0.5) is 0 Å². The first-order valence-electron chi connectivity index (χ1n) is 10.2. The van der Waals surface area contributed by atoms with Gasteiger partial charge in [0.05, 0.1) is 19.3 Å². The quantitative estimate of drug-likeness (QED) is 0.574. The van der Waals surface area contributed by atoms with Gasteiger partial charge in [-0.3, -0.25) is 4.99 Å². The van der Waals surface area contributed by atoms with Crippen LogP contribution in [0.15, 0.2) is 39.8 Å². The summed E-state index contributed by atoms with van der Waals surface area (Å²) >= 11 is 0. The van der Waals surface area contributed by atoms with Crippen molar-refractivity contribution >= 4 is 5.96 Å². The maximum Gasteiger partial charge on any atom is 0.194 e. The fraction of sp³-hybridized carbons (Fsp3) is 0.545. The normalized spacial score (nSPS) is 17.4. The number of benzene rings is 1. The van der Waals surface area contributed by atoms with Crippen molar-refractivity contribution in [2.75, 3.05) is 27.2 Å². The second-order valence-electron chi connectivity index (χ2n) is 7.34. The molecule has 0 radical (unpaired) electrons. The topological polar surface area (TPSA) is 62.9 Å². The van der Waals surface area contributed by atoms with Crippen LogP contribution >= 0.6 is 0 Å². The van der Waals surface area contributed by atoms with Crippen molar-refractivity contribution in [2.45, 2.75) is 51.5 Å². The number of ether oxygens (including phenoxy) is 1. The van der Waals surface area contributed by atoms with E-state index in [0.29, 0.717) is 18.4 Å². The Labute approximate surface area is 168 Å². The molecule has 6 heteroatoms. The lowest BCUT2D eigenvalue weighted by Gasteiger charge is -2.21. The Morgan fingerprint density at radius 2 is 2.07 bits per heavy atom. The van der Waals surface area contributed by atoms with Crippen LogP contribution in [-0.4, -0.2) is 43.3 Å². The fourth-order valence-corrected chi connectivity index (χ4v) is 3.91. The molecule has 2 aromatic rings. The third-order valence-electron chi connectivity index (χ3n) is 5.69. The first-order valence-corrected chi connectivity index (χ1v) is 10.2. The largest absolute Gasteiger partial charge is 0.497 e. The van der Waals surface area contributed by atoms with Gasteiger partial charge in [0.15, 0.2) is 11.7 Å². The zero-order valence-corrected chi connectivity index (χ0v) is 17.4. The van der Waals surface area contributed by atoms with Crippen molar-refractivity contribution < 1.29 is 9.26 Å². The van der Waals surface area contributed by atoms with Gasteiger partial charge in [0.2, 0.25) is 0 Å². The Balaban J connectivity index is 1.56. The van der Waals surface area contributed by atoms with E-state index in [9.17, 15) is 0 Å². The van der Waals surface area contributed by atoms with E-state index < -0.39 is 0 Å². The van der Waals surface area contributed by atoms with Crippen molar-refractivity contribution in [3.8, 4) is 5.75 Å². The number of nitrogens with one attached hydrogen (secondary N) is 1. The molecule has 1 saturated heterocycles. The van der Waals surface area contributed by atoms with Gasteiger partial charge in [0.1, 0.15) is 5.75 Å². The average molecular weight is 385 g/mol. The Morgan fingerprint density at radius 3 is 2.71 bits per heavy atom. The highest BCUT2D eigenvalue weighted by molar-refractivity contribution is 5.80. The Bertz CT molecular complexity index is 765. The minimum atomic E-state index is 0.473. The number of nitrogens with zero attached hydrogens (tertiary/aromatic N) is 3. The van der Waals surface area contributed by atoms with E-state index in [2.05, 4.69) is 52.4 Å². The number of methoxy groups -OCH3 is 1. The van der Waals surface area contributed by atoms with Gasteiger partial charge in [-0.25, -0.2) is 0 Å². The molecule has 0 aliphatic carbocycles. The Kier molecular flexibility index (Phi) is 6.95. The molecule has 1 atom stereocenters. The SMILES string of the molecule is CCC(CC)c1cc(CNC(=NC)N2CCC(c3ccc(OC)cc3)C2)on1. The van der Waals surface area contributed by atoms with Crippen LogP contribution in [0.3, 0.4) is 0 Å². The maximum absolute atomic E-state index is 5.52. The van der Waals surface area contributed by atoms with E-state index in [1.165, 1.54) is 5.56 Å². The summed E-state index contributed by atoms with van der Waals surface area (Å²) in [6, 6.07) is 10.5. The second-order valence-corrected chi connectivity index (χ2v) is 7.34. The molecule has 6 nitrogen and oxygen atoms in total. The smallest absolute Gasteiger partial charge is 0.194 e. The third-order valence-corrected chi connectivity index (χ3v) is 5.69. The average Bonchev–Trinajstić information content (AvgIpc) is 3.40. The monoisotopic (exact) mass is 384 g/mol. The third kappa shape index (κ3) is 4.66. The van der Waals surface area contributed by atoms with Crippen molar-refractivity contribution in [3.05, 3.63) is 47.3 Å². The van der Waals surface area contributed by atoms with Crippen molar-refractivity contribution in [3.63, 3.8) is 0 Å². The molecule has 1 fully saturated rings. The van der Waals surface area contributed by atoms with Gasteiger partial charge in [0, 0.05) is 38.0 Å². The van der Waals surface area contributed by atoms with E-state index in [1.807, 2.05) is 19.2 Å². The van der Waals surface area contributed by atoms with Gasteiger partial charge in [0.25, 0.3) is 0 Å². The molecular formula is C22H32N4O2. The predicted molar refractivity (Wildman–Crippen MR) is 112 cm³/mol. The zero-order valence-electron chi connectivity index (χ0n) is 17.4. The molecule has 0 saturated carbocycles. The molecule has 2 heterocycles. The van der Waals surface area contributed by atoms with Crippen molar-refractivity contribution in [1.29, 1.82) is 0 Å². The molecule has 152 valence electrons. The van der Waals surface area contributed by atoms with Crippen LogP contribution in [0, 0.1) is 0 Å². The summed E-state index contributed by atoms with van der Waals surface area (Å²) in [6.07, 6.45) is 3.28. The lowest BCUT2D eigenvalue weighted by Crippen LogP contribution is -2.39. The summed E-state index contributed by atoms with van der Waals surface area (Å²) in [7, 11) is 3.53. The number of guanidine groups is 1. The van der Waals surface area contributed by atoms with E-state index in [0.717, 1.165) is 55.5 Å². The van der Waals surface area contributed by atoms with Crippen LogP contribution in [0.25, 0.3) is 0 Å². The Hall–Kier alpha value is -2.50. The highest BCUT2D eigenvalue weighted by atomic mass is 16.5. The first-order chi connectivity index (χ1) is 13.7. The van der Waals surface area contributed by atoms with E-state index in [4.69, 9.17) is 9.26 Å². The molecule has 1 N–H and O–H groups in total. The molecular weight excluding hydrogens is 352 g/mol. The highest BCUT2D eigenvalue weighted by Crippen LogP contribution is 2.28. The summed E-state index contributed by atoms with van der Waals surface area (Å²) in [5, 5.41) is 7.67. The van der Waals surface area contributed by atoms with Gasteiger partial charge in [-0.15, -0.1) is 0 Å². The van der Waals surface area contributed by atoms with Gasteiger partial charge in [-0.05, 0) is 37.0 Å². The second kappa shape index (κ2) is 9.62. The summed E-state index contributed by atoms with van der Waals surface area (Å²) in [4.78, 5) is 6.78. The summed E-state index contributed by atoms with van der Waals surface area (Å²) in [6.45, 7) is 6.93. The molecule has 1 aromatic heterocycles. The number of aliphatic imine (C=N–C) groups is 1. The molecule has 1 aliphatic rings. The minimum absolute atomic E-state index is 0.473. The van der Waals surface area contributed by atoms with E-state index >= 15 is 0 Å². The number of likely N-dealkylation sites (tertiary alicyclic amines) is 1. The van der Waals surface area contributed by atoms with Crippen molar-refractivity contribution in [1.82, 2.24) is 15.4 Å². The number of hydrogen-bond acceptors (Lipinski definition) is 4. The maximum atomic E-state index is 5.52. The summed E-state index contributed by atoms with van der Waals surface area (Å²) in [5.74, 6) is 3.65. The van der Waals surface area contributed by atoms with E-state index in [1.54, 1.807) is 7.11 Å². The lowest BCUT2D eigenvalue weighted by molar-refractivity contribution is 0.365. The summed E-state index contributed by atoms with van der Waals surface area (Å²) in [5.41, 5.74) is 2.40.